The number of hydrogen-bond acceptors (Lipinski definition) is 8. The number of aromatic nitrogens is 2. The molecule has 9 heterocycles. The number of rotatable bonds is 2. The number of furan rings is 2. The third kappa shape index (κ3) is 3.99. The Kier molecular flexibility index (Phi) is 5.87. The molecular weight excluding hydrogens is 616 g/mol. The molecule has 1 fully saturated rings. The zero-order chi connectivity index (χ0) is 32.8. The first-order chi connectivity index (χ1) is 24.8. The fraction of sp³-hybridized carbons (Fsp3) is 0. The maximum atomic E-state index is 6.37. The minimum atomic E-state index is -0.0841. The van der Waals surface area contributed by atoms with E-state index < -0.39 is 0 Å². The molecule has 2 aromatic carbocycles. The smallest absolute Gasteiger partial charge is 0.381 e. The van der Waals surface area contributed by atoms with E-state index in [1.807, 2.05) is 12.1 Å². The normalized spacial score (nSPS) is 17.8. The molecule has 0 N–H and O–H groups in total. The van der Waals surface area contributed by atoms with Gasteiger partial charge in [-0.05, 0) is 84.5 Å². The summed E-state index contributed by atoms with van der Waals surface area (Å²) in [5, 5.41) is 4.20. The third-order valence-electron chi connectivity index (χ3n) is 10.4. The van der Waals surface area contributed by atoms with E-state index in [2.05, 4.69) is 163 Å². The summed E-state index contributed by atoms with van der Waals surface area (Å²) in [6, 6.07) is 20.8. The van der Waals surface area contributed by atoms with E-state index in [1.54, 1.807) is 12.4 Å². The van der Waals surface area contributed by atoms with Crippen LogP contribution in [0.1, 0.15) is 11.1 Å². The SMILES string of the molecule is C1=CB2N(C=C1)B1C=C(c3cccc4c3oc3ncccc34)C=CN1B1C=CC=CN1B1C=C(c3cccc4c3oc3ncccc34)C=CN21. The summed E-state index contributed by atoms with van der Waals surface area (Å²) >= 11 is 0. The summed E-state index contributed by atoms with van der Waals surface area (Å²) in [6.45, 7) is -0.264. The molecule has 5 aliphatic heterocycles. The van der Waals surface area contributed by atoms with Crippen molar-refractivity contribution in [2.24, 2.45) is 0 Å². The number of para-hydroxylation sites is 2. The van der Waals surface area contributed by atoms with Gasteiger partial charge >= 0.3 is 27.9 Å². The minimum absolute atomic E-state index is 0.0480. The first-order valence-electron chi connectivity index (χ1n) is 16.9. The van der Waals surface area contributed by atoms with Crippen molar-refractivity contribution < 1.29 is 8.83 Å². The molecule has 11 rings (SSSR count). The fourth-order valence-corrected chi connectivity index (χ4v) is 8.16. The van der Waals surface area contributed by atoms with Crippen molar-refractivity contribution in [2.45, 2.75) is 0 Å². The van der Waals surface area contributed by atoms with Crippen LogP contribution in [-0.4, -0.2) is 56.8 Å². The van der Waals surface area contributed by atoms with Gasteiger partial charge < -0.3 is 27.7 Å². The van der Waals surface area contributed by atoms with E-state index in [1.165, 1.54) is 0 Å². The van der Waals surface area contributed by atoms with Crippen molar-refractivity contribution in [2.75, 3.05) is 0 Å². The van der Waals surface area contributed by atoms with E-state index in [-0.39, 0.29) is 27.9 Å². The molecule has 4 aromatic heterocycles. The van der Waals surface area contributed by atoms with Crippen LogP contribution < -0.4 is 0 Å². The Morgan fingerprint density at radius 2 is 0.920 bits per heavy atom. The zero-order valence-electron chi connectivity index (χ0n) is 26.8. The van der Waals surface area contributed by atoms with Gasteiger partial charge in [-0.25, -0.2) is 9.97 Å². The maximum absolute atomic E-state index is 6.37. The van der Waals surface area contributed by atoms with Crippen molar-refractivity contribution in [3.63, 3.8) is 0 Å². The van der Waals surface area contributed by atoms with Crippen molar-refractivity contribution in [1.29, 1.82) is 0 Å². The number of hydrogen-bond donors (Lipinski definition) is 0. The Morgan fingerprint density at radius 1 is 0.460 bits per heavy atom. The minimum Gasteiger partial charge on any atom is -0.437 e. The van der Waals surface area contributed by atoms with Crippen LogP contribution in [0.2, 0.25) is 0 Å². The zero-order valence-corrected chi connectivity index (χ0v) is 26.8. The average Bonchev–Trinajstić information content (AvgIpc) is 3.76. The van der Waals surface area contributed by atoms with Gasteiger partial charge in [-0.1, -0.05) is 72.5 Å². The quantitative estimate of drug-likeness (QED) is 0.183. The van der Waals surface area contributed by atoms with Crippen LogP contribution in [0, 0.1) is 0 Å². The standard InChI is InChI=1S/C38H26B4N6O2/c1-3-21-45-39(17-1)47-23-15-27(29-9-5-11-31-33-13-7-19-43-37(33)49-35(29)31)26-42(47)46-22-4-2-18-40(46)48-24-16-28(25-41(45)48)30-10-6-12-32-34-14-8-20-44-38(34)50-36(30)32/h1-26H. The van der Waals surface area contributed by atoms with Gasteiger partial charge in [-0.2, -0.15) is 0 Å². The molecule has 0 spiro atoms. The van der Waals surface area contributed by atoms with E-state index in [0.717, 1.165) is 55.0 Å². The second-order valence-electron chi connectivity index (χ2n) is 13.1. The van der Waals surface area contributed by atoms with Crippen LogP contribution in [0.15, 0.2) is 167 Å². The predicted octanol–water partition coefficient (Wildman–Crippen LogP) is 7.30. The fourth-order valence-electron chi connectivity index (χ4n) is 8.16. The highest BCUT2D eigenvalue weighted by Gasteiger charge is 2.50. The molecule has 12 heteroatoms. The monoisotopic (exact) mass is 642 g/mol. The van der Waals surface area contributed by atoms with E-state index in [9.17, 15) is 0 Å². The van der Waals surface area contributed by atoms with E-state index in [4.69, 9.17) is 8.83 Å². The molecule has 232 valence electrons. The average molecular weight is 642 g/mol. The number of pyridine rings is 2. The molecule has 0 saturated carbocycles. The molecule has 0 unspecified atom stereocenters. The lowest BCUT2D eigenvalue weighted by Gasteiger charge is -2.53. The topological polar surface area (TPSA) is 65.0 Å². The lowest BCUT2D eigenvalue weighted by Crippen LogP contribution is -2.73. The van der Waals surface area contributed by atoms with E-state index >= 15 is 0 Å². The molecule has 5 aliphatic rings. The molecule has 0 atom stereocenters. The van der Waals surface area contributed by atoms with Gasteiger partial charge in [0, 0.05) is 45.1 Å². The Morgan fingerprint density at radius 3 is 1.42 bits per heavy atom. The number of nitrogens with zero attached hydrogens (tertiary/aromatic N) is 6. The van der Waals surface area contributed by atoms with Crippen LogP contribution in [-0.2, 0) is 0 Å². The van der Waals surface area contributed by atoms with Crippen molar-refractivity contribution in [1.82, 2.24) is 28.9 Å². The van der Waals surface area contributed by atoms with Crippen LogP contribution in [0.5, 0.6) is 0 Å². The summed E-state index contributed by atoms with van der Waals surface area (Å²) in [4.78, 5) is 9.00. The lowest BCUT2D eigenvalue weighted by molar-refractivity contribution is 0.622. The highest BCUT2D eigenvalue weighted by Crippen LogP contribution is 2.39. The van der Waals surface area contributed by atoms with Gasteiger partial charge in [0.2, 0.25) is 11.4 Å². The van der Waals surface area contributed by atoms with Crippen molar-refractivity contribution >= 4 is 83.2 Å². The van der Waals surface area contributed by atoms with Crippen LogP contribution >= 0.6 is 0 Å². The number of fused-ring (bicyclic) bond motifs is 14. The van der Waals surface area contributed by atoms with E-state index in [0.29, 0.717) is 11.4 Å². The van der Waals surface area contributed by atoms with Gasteiger partial charge in [0.1, 0.15) is 11.2 Å². The first kappa shape index (κ1) is 27.6. The summed E-state index contributed by atoms with van der Waals surface area (Å²) in [6.07, 6.45) is 25.4. The lowest BCUT2D eigenvalue weighted by atomic mass is 9.41. The third-order valence-corrected chi connectivity index (χ3v) is 10.4. The Balaban J connectivity index is 1.03. The van der Waals surface area contributed by atoms with Crippen LogP contribution in [0.25, 0.3) is 55.3 Å². The molecule has 0 aliphatic carbocycles. The summed E-state index contributed by atoms with van der Waals surface area (Å²) in [5.41, 5.74) is 7.37. The first-order valence-corrected chi connectivity index (χ1v) is 16.9. The van der Waals surface area contributed by atoms with Crippen molar-refractivity contribution in [3.8, 4) is 0 Å². The summed E-state index contributed by atoms with van der Waals surface area (Å²) < 4.78 is 22.5. The van der Waals surface area contributed by atoms with Crippen molar-refractivity contribution in [3.05, 3.63) is 169 Å². The molecule has 1 saturated heterocycles. The molecule has 6 aromatic rings. The predicted molar refractivity (Wildman–Crippen MR) is 204 cm³/mol. The molecule has 0 bridgehead atoms. The van der Waals surface area contributed by atoms with Crippen LogP contribution in [0.4, 0.5) is 0 Å². The van der Waals surface area contributed by atoms with Crippen LogP contribution in [0.3, 0.4) is 0 Å². The maximum Gasteiger partial charge on any atom is 0.381 e. The second-order valence-corrected chi connectivity index (χ2v) is 13.1. The van der Waals surface area contributed by atoms with Gasteiger partial charge in [0.25, 0.3) is 0 Å². The molecular formula is C38H26B4N6O2. The molecule has 50 heavy (non-hydrogen) atoms. The highest BCUT2D eigenvalue weighted by molar-refractivity contribution is 6.92. The summed E-state index contributed by atoms with van der Waals surface area (Å²) in [5.74, 6) is 9.28. The highest BCUT2D eigenvalue weighted by atomic mass is 16.3. The van der Waals surface area contributed by atoms with Gasteiger partial charge in [-0.3, -0.25) is 0 Å². The number of benzene rings is 2. The second kappa shape index (κ2) is 10.6. The molecule has 8 nitrogen and oxygen atoms in total. The number of allylic oxidation sites excluding steroid dienone is 8. The van der Waals surface area contributed by atoms with Gasteiger partial charge in [0.15, 0.2) is 0 Å². The molecule has 0 amide bonds. The van der Waals surface area contributed by atoms with Gasteiger partial charge in [0.05, 0.1) is 0 Å². The Hall–Kier alpha value is -6.28. The van der Waals surface area contributed by atoms with Gasteiger partial charge in [-0.15, -0.1) is 0 Å². The summed E-state index contributed by atoms with van der Waals surface area (Å²) in [7, 11) is 0. The Labute approximate surface area is 289 Å². The largest absolute Gasteiger partial charge is 0.437 e. The molecule has 0 radical (unpaired) electrons. The Bertz CT molecular complexity index is 2460.